The molecule has 0 heterocycles. The first kappa shape index (κ1) is 16.5. The van der Waals surface area contributed by atoms with Crippen molar-refractivity contribution in [3.8, 4) is 5.75 Å². The number of carboxylic acids is 1. The van der Waals surface area contributed by atoms with E-state index < -0.39 is 12.0 Å². The summed E-state index contributed by atoms with van der Waals surface area (Å²) in [7, 11) is 0. The van der Waals surface area contributed by atoms with E-state index in [0.717, 1.165) is 5.56 Å². The standard InChI is InChI=1S/C15H23NO4/c1-11(2)16-13(15(18)19)8-10-20-14-6-4-3-5-12(14)7-9-17/h3-6,11,13,16-17H,7-10H2,1-2H3,(H,18,19). The molecule has 20 heavy (non-hydrogen) atoms. The first-order chi connectivity index (χ1) is 9.54. The van der Waals surface area contributed by atoms with Crippen LogP contribution in [0.5, 0.6) is 5.75 Å². The lowest BCUT2D eigenvalue weighted by Crippen LogP contribution is -2.41. The van der Waals surface area contributed by atoms with Crippen LogP contribution in [-0.2, 0) is 11.2 Å². The Hall–Kier alpha value is -1.59. The molecule has 0 amide bonds. The van der Waals surface area contributed by atoms with Gasteiger partial charge in [-0.15, -0.1) is 0 Å². The first-order valence-electron chi connectivity index (χ1n) is 6.85. The molecule has 1 aromatic carbocycles. The van der Waals surface area contributed by atoms with Crippen LogP contribution in [0.2, 0.25) is 0 Å². The Kier molecular flexibility index (Phi) is 7.04. The summed E-state index contributed by atoms with van der Waals surface area (Å²) in [6.45, 7) is 4.20. The molecule has 112 valence electrons. The number of benzene rings is 1. The highest BCUT2D eigenvalue weighted by Crippen LogP contribution is 2.18. The van der Waals surface area contributed by atoms with E-state index in [1.807, 2.05) is 38.1 Å². The minimum absolute atomic E-state index is 0.0625. The van der Waals surface area contributed by atoms with E-state index in [-0.39, 0.29) is 12.6 Å². The summed E-state index contributed by atoms with van der Waals surface area (Å²) in [4.78, 5) is 11.1. The lowest BCUT2D eigenvalue weighted by Gasteiger charge is -2.18. The molecular formula is C15H23NO4. The molecule has 5 heteroatoms. The molecule has 1 atom stereocenters. The summed E-state index contributed by atoms with van der Waals surface area (Å²) in [5.74, 6) is -0.166. The molecule has 0 radical (unpaired) electrons. The number of hydrogen-bond donors (Lipinski definition) is 3. The van der Waals surface area contributed by atoms with Crippen LogP contribution < -0.4 is 10.1 Å². The maximum absolute atomic E-state index is 11.1. The van der Waals surface area contributed by atoms with Gasteiger partial charge in [-0.1, -0.05) is 32.0 Å². The predicted molar refractivity (Wildman–Crippen MR) is 77.0 cm³/mol. The molecule has 3 N–H and O–H groups in total. The molecule has 0 fully saturated rings. The van der Waals surface area contributed by atoms with Crippen LogP contribution in [0.25, 0.3) is 0 Å². The summed E-state index contributed by atoms with van der Waals surface area (Å²) >= 11 is 0. The molecule has 0 aliphatic heterocycles. The molecule has 0 saturated heterocycles. The Balaban J connectivity index is 2.52. The summed E-state index contributed by atoms with van der Waals surface area (Å²) in [6, 6.07) is 6.97. The summed E-state index contributed by atoms with van der Waals surface area (Å²) < 4.78 is 5.64. The van der Waals surface area contributed by atoms with Crippen LogP contribution in [-0.4, -0.2) is 41.5 Å². The van der Waals surface area contributed by atoms with Crippen LogP contribution in [0.15, 0.2) is 24.3 Å². The van der Waals surface area contributed by atoms with Crippen LogP contribution in [0.3, 0.4) is 0 Å². The maximum Gasteiger partial charge on any atom is 0.320 e. The van der Waals surface area contributed by atoms with Gasteiger partial charge < -0.3 is 20.3 Å². The second-order valence-electron chi connectivity index (χ2n) is 4.93. The molecule has 0 saturated carbocycles. The fourth-order valence-corrected chi connectivity index (χ4v) is 1.94. The van der Waals surface area contributed by atoms with E-state index in [1.54, 1.807) is 0 Å². The quantitative estimate of drug-likeness (QED) is 0.638. The lowest BCUT2D eigenvalue weighted by molar-refractivity contribution is -0.140. The largest absolute Gasteiger partial charge is 0.493 e. The number of nitrogens with one attached hydrogen (secondary N) is 1. The number of aliphatic hydroxyl groups is 1. The number of ether oxygens (including phenoxy) is 1. The molecule has 0 bridgehead atoms. The van der Waals surface area contributed by atoms with Crippen LogP contribution >= 0.6 is 0 Å². The molecule has 0 spiro atoms. The van der Waals surface area contributed by atoms with Crippen LogP contribution in [0, 0.1) is 0 Å². The maximum atomic E-state index is 11.1. The van der Waals surface area contributed by atoms with E-state index in [4.69, 9.17) is 14.9 Å². The smallest absolute Gasteiger partial charge is 0.320 e. The molecule has 1 unspecified atom stereocenters. The molecule has 5 nitrogen and oxygen atoms in total. The Morgan fingerprint density at radius 1 is 1.35 bits per heavy atom. The number of carbonyl (C=O) groups is 1. The third-order valence-corrected chi connectivity index (χ3v) is 2.85. The van der Waals surface area contributed by atoms with Crippen molar-refractivity contribution in [1.29, 1.82) is 0 Å². The minimum Gasteiger partial charge on any atom is -0.493 e. The van der Waals surface area contributed by atoms with E-state index in [0.29, 0.717) is 25.2 Å². The van der Waals surface area contributed by atoms with Gasteiger partial charge in [0.1, 0.15) is 11.8 Å². The molecule has 1 aromatic rings. The molecule has 0 aromatic heterocycles. The van der Waals surface area contributed by atoms with E-state index in [9.17, 15) is 4.79 Å². The van der Waals surface area contributed by atoms with E-state index in [2.05, 4.69) is 5.32 Å². The van der Waals surface area contributed by atoms with Crippen molar-refractivity contribution in [3.63, 3.8) is 0 Å². The van der Waals surface area contributed by atoms with Crippen LogP contribution in [0.4, 0.5) is 0 Å². The van der Waals surface area contributed by atoms with E-state index >= 15 is 0 Å². The molecular weight excluding hydrogens is 258 g/mol. The zero-order chi connectivity index (χ0) is 15.0. The number of rotatable bonds is 9. The predicted octanol–water partition coefficient (Wildman–Crippen LogP) is 1.44. The second-order valence-corrected chi connectivity index (χ2v) is 4.93. The number of para-hydroxylation sites is 1. The second kappa shape index (κ2) is 8.55. The van der Waals surface area contributed by atoms with Gasteiger partial charge in [0.05, 0.1) is 6.61 Å². The Bertz CT molecular complexity index is 420. The van der Waals surface area contributed by atoms with E-state index in [1.165, 1.54) is 0 Å². The summed E-state index contributed by atoms with van der Waals surface area (Å²) in [5, 5.41) is 21.1. The van der Waals surface area contributed by atoms with Crippen LogP contribution in [0.1, 0.15) is 25.8 Å². The SMILES string of the molecule is CC(C)NC(CCOc1ccccc1CCO)C(=O)O. The van der Waals surface area contributed by atoms with Gasteiger partial charge in [-0.25, -0.2) is 0 Å². The van der Waals surface area contributed by atoms with Gasteiger partial charge in [-0.2, -0.15) is 0 Å². The molecule has 0 aliphatic carbocycles. The average Bonchev–Trinajstić information content (AvgIpc) is 2.39. The average molecular weight is 281 g/mol. The topological polar surface area (TPSA) is 78.8 Å². The highest BCUT2D eigenvalue weighted by molar-refractivity contribution is 5.73. The van der Waals surface area contributed by atoms with Gasteiger partial charge in [-0.3, -0.25) is 4.79 Å². The van der Waals surface area contributed by atoms with Crippen molar-refractivity contribution in [2.24, 2.45) is 0 Å². The zero-order valence-electron chi connectivity index (χ0n) is 12.0. The molecule has 1 rings (SSSR count). The van der Waals surface area contributed by atoms with Crippen molar-refractivity contribution < 1.29 is 19.7 Å². The molecule has 0 aliphatic rings. The van der Waals surface area contributed by atoms with Gasteiger partial charge in [0, 0.05) is 19.1 Å². The highest BCUT2D eigenvalue weighted by Gasteiger charge is 2.18. The third-order valence-electron chi connectivity index (χ3n) is 2.85. The normalized spacial score (nSPS) is 12.4. The Labute approximate surface area is 119 Å². The zero-order valence-corrected chi connectivity index (χ0v) is 12.0. The van der Waals surface area contributed by atoms with Crippen molar-refractivity contribution in [2.45, 2.75) is 38.8 Å². The fraction of sp³-hybridized carbons (Fsp3) is 0.533. The number of hydrogen-bond acceptors (Lipinski definition) is 4. The van der Waals surface area contributed by atoms with Gasteiger partial charge in [0.25, 0.3) is 0 Å². The van der Waals surface area contributed by atoms with Crippen molar-refractivity contribution in [1.82, 2.24) is 5.32 Å². The van der Waals surface area contributed by atoms with Gasteiger partial charge >= 0.3 is 5.97 Å². The van der Waals surface area contributed by atoms with Gasteiger partial charge in [0.15, 0.2) is 0 Å². The number of aliphatic carboxylic acids is 1. The van der Waals surface area contributed by atoms with Crippen molar-refractivity contribution in [3.05, 3.63) is 29.8 Å². The van der Waals surface area contributed by atoms with Crippen molar-refractivity contribution >= 4 is 5.97 Å². The highest BCUT2D eigenvalue weighted by atomic mass is 16.5. The number of carboxylic acid groups (broad SMARTS) is 1. The lowest BCUT2D eigenvalue weighted by atomic mass is 10.1. The number of aliphatic hydroxyl groups excluding tert-OH is 1. The fourth-order valence-electron chi connectivity index (χ4n) is 1.94. The third kappa shape index (κ3) is 5.59. The van der Waals surface area contributed by atoms with Crippen molar-refractivity contribution in [2.75, 3.05) is 13.2 Å². The Morgan fingerprint density at radius 2 is 2.05 bits per heavy atom. The van der Waals surface area contributed by atoms with Gasteiger partial charge in [0.2, 0.25) is 0 Å². The first-order valence-corrected chi connectivity index (χ1v) is 6.85. The minimum atomic E-state index is -0.869. The summed E-state index contributed by atoms with van der Waals surface area (Å²) in [5.41, 5.74) is 0.929. The Morgan fingerprint density at radius 3 is 2.65 bits per heavy atom. The van der Waals surface area contributed by atoms with Gasteiger partial charge in [-0.05, 0) is 18.1 Å². The monoisotopic (exact) mass is 281 g/mol. The summed E-state index contributed by atoms with van der Waals surface area (Å²) in [6.07, 6.45) is 0.920.